The molecule has 1 fully saturated rings. The number of ketones is 1. The van der Waals surface area contributed by atoms with Crippen LogP contribution in [0, 0.1) is 5.92 Å². The van der Waals surface area contributed by atoms with Crippen molar-refractivity contribution in [2.45, 2.75) is 64.2 Å². The van der Waals surface area contributed by atoms with Gasteiger partial charge in [0.05, 0.1) is 9.20 Å². The van der Waals surface area contributed by atoms with E-state index in [0.29, 0.717) is 27.8 Å². The third kappa shape index (κ3) is 6.28. The molecule has 0 saturated heterocycles. The maximum Gasteiger partial charge on any atom is 0.266 e. The summed E-state index contributed by atoms with van der Waals surface area (Å²) in [6.45, 7) is 3.76. The van der Waals surface area contributed by atoms with Crippen LogP contribution in [0.25, 0.3) is 12.7 Å². The second-order valence-electron chi connectivity index (χ2n) is 7.80. The van der Waals surface area contributed by atoms with Crippen LogP contribution in [0.5, 0.6) is 0 Å². The van der Waals surface area contributed by atoms with Crippen LogP contribution in [-0.2, 0) is 11.2 Å². The van der Waals surface area contributed by atoms with E-state index < -0.39 is 0 Å². The van der Waals surface area contributed by atoms with Crippen molar-refractivity contribution in [1.82, 2.24) is 4.98 Å². The maximum absolute atomic E-state index is 12.4. The highest BCUT2D eigenvalue weighted by Crippen LogP contribution is 2.28. The predicted octanol–water partition coefficient (Wildman–Crippen LogP) is 4.69. The fourth-order valence-corrected chi connectivity index (χ4v) is 5.25. The number of aromatic nitrogens is 1. The van der Waals surface area contributed by atoms with Crippen molar-refractivity contribution in [3.05, 3.63) is 53.3 Å². The second kappa shape index (κ2) is 10.4. The van der Waals surface area contributed by atoms with E-state index in [4.69, 9.17) is 0 Å². The van der Waals surface area contributed by atoms with Crippen LogP contribution in [-0.4, -0.2) is 10.8 Å². The minimum atomic E-state index is -0.112. The molecule has 1 aromatic carbocycles. The Morgan fingerprint density at radius 1 is 1.25 bits per heavy atom. The Hall–Kier alpha value is -1.46. The molecule has 0 atom stereocenters. The van der Waals surface area contributed by atoms with E-state index >= 15 is 0 Å². The van der Waals surface area contributed by atoms with E-state index in [1.807, 2.05) is 24.3 Å². The summed E-state index contributed by atoms with van der Waals surface area (Å²) >= 11 is 4.93. The predicted molar refractivity (Wildman–Crippen MR) is 121 cm³/mol. The SMILES string of the molecule is C=c1[nH]c(=O)/c(=C/c2ccc(CC(=O)CCCCC3CCCCC3)c(Br)c2)s1. The average Bonchev–Trinajstić information content (AvgIpc) is 2.99. The highest BCUT2D eigenvalue weighted by molar-refractivity contribution is 9.10. The molecule has 3 nitrogen and oxygen atoms in total. The number of nitrogens with one attached hydrogen (secondary N) is 1. The molecular weight excluding hydrogens is 434 g/mol. The Kier molecular flexibility index (Phi) is 7.86. The van der Waals surface area contributed by atoms with Crippen LogP contribution >= 0.6 is 27.3 Å². The molecule has 28 heavy (non-hydrogen) atoms. The lowest BCUT2D eigenvalue weighted by Crippen LogP contribution is -2.19. The van der Waals surface area contributed by atoms with Crippen LogP contribution in [0.2, 0.25) is 0 Å². The number of halogens is 1. The molecule has 1 aromatic heterocycles. The number of hydrogen-bond donors (Lipinski definition) is 1. The normalized spacial score (nSPS) is 15.8. The zero-order chi connectivity index (χ0) is 19.9. The summed E-state index contributed by atoms with van der Waals surface area (Å²) in [6.07, 6.45) is 13.4. The smallest absolute Gasteiger partial charge is 0.266 e. The van der Waals surface area contributed by atoms with Crippen molar-refractivity contribution in [2.75, 3.05) is 0 Å². The van der Waals surface area contributed by atoms with Gasteiger partial charge in [-0.05, 0) is 35.6 Å². The number of thiazole rings is 1. The monoisotopic (exact) mass is 461 g/mol. The molecule has 0 amide bonds. The van der Waals surface area contributed by atoms with Crippen molar-refractivity contribution in [3.8, 4) is 0 Å². The van der Waals surface area contributed by atoms with E-state index in [2.05, 4.69) is 27.5 Å². The lowest BCUT2D eigenvalue weighted by atomic mass is 9.85. The molecule has 1 aliphatic carbocycles. The van der Waals surface area contributed by atoms with E-state index in [1.54, 1.807) is 0 Å². The minimum Gasteiger partial charge on any atom is -0.313 e. The van der Waals surface area contributed by atoms with Gasteiger partial charge < -0.3 is 4.98 Å². The third-order valence-electron chi connectivity index (χ3n) is 5.52. The van der Waals surface area contributed by atoms with Gasteiger partial charge >= 0.3 is 0 Å². The first-order valence-corrected chi connectivity index (χ1v) is 11.8. The van der Waals surface area contributed by atoms with Gasteiger partial charge in [-0.2, -0.15) is 0 Å². The Morgan fingerprint density at radius 3 is 2.71 bits per heavy atom. The molecule has 1 aliphatic rings. The van der Waals surface area contributed by atoms with Crippen LogP contribution in [0.1, 0.15) is 68.9 Å². The van der Waals surface area contributed by atoms with E-state index in [0.717, 1.165) is 27.9 Å². The Morgan fingerprint density at radius 2 is 2.04 bits per heavy atom. The van der Waals surface area contributed by atoms with Gasteiger partial charge in [0.2, 0.25) is 0 Å². The summed E-state index contributed by atoms with van der Waals surface area (Å²) in [5, 5.41) is 0. The molecule has 0 unspecified atom stereocenters. The van der Waals surface area contributed by atoms with Gasteiger partial charge in [0.1, 0.15) is 5.78 Å². The van der Waals surface area contributed by atoms with E-state index in [9.17, 15) is 9.59 Å². The van der Waals surface area contributed by atoms with E-state index in [-0.39, 0.29) is 5.56 Å². The van der Waals surface area contributed by atoms with Gasteiger partial charge in [0, 0.05) is 17.3 Å². The molecule has 2 aromatic rings. The van der Waals surface area contributed by atoms with Gasteiger partial charge in [-0.3, -0.25) is 9.59 Å². The van der Waals surface area contributed by atoms with Gasteiger partial charge in [0.25, 0.3) is 5.56 Å². The van der Waals surface area contributed by atoms with Crippen molar-refractivity contribution in [1.29, 1.82) is 0 Å². The molecule has 0 aliphatic heterocycles. The van der Waals surface area contributed by atoms with Crippen molar-refractivity contribution < 1.29 is 4.79 Å². The van der Waals surface area contributed by atoms with Gasteiger partial charge in [-0.25, -0.2) is 0 Å². The molecular formula is C23H28BrNO2S. The fraction of sp³-hybridized carbons (Fsp3) is 0.478. The summed E-state index contributed by atoms with van der Waals surface area (Å²) in [7, 11) is 0. The highest BCUT2D eigenvalue weighted by Gasteiger charge is 2.13. The molecule has 150 valence electrons. The first kappa shape index (κ1) is 21.3. The minimum absolute atomic E-state index is 0.112. The summed E-state index contributed by atoms with van der Waals surface area (Å²) < 4.78 is 2.21. The van der Waals surface area contributed by atoms with Gasteiger partial charge in [-0.15, -0.1) is 11.3 Å². The molecule has 0 bridgehead atoms. The number of Topliss-reactive ketones (excluding diaryl/α,β-unsaturated/α-hetero) is 1. The zero-order valence-electron chi connectivity index (χ0n) is 16.3. The van der Waals surface area contributed by atoms with Crippen LogP contribution in [0.15, 0.2) is 27.5 Å². The first-order valence-electron chi connectivity index (χ1n) is 10.2. The van der Waals surface area contributed by atoms with Crippen LogP contribution in [0.3, 0.4) is 0 Å². The second-order valence-corrected chi connectivity index (χ2v) is 9.80. The van der Waals surface area contributed by atoms with Crippen molar-refractivity contribution >= 4 is 45.7 Å². The molecule has 3 rings (SSSR count). The van der Waals surface area contributed by atoms with Crippen molar-refractivity contribution in [2.24, 2.45) is 5.92 Å². The number of carbonyl (C=O) groups is 1. The molecule has 1 N–H and O–H groups in total. The number of aromatic amines is 1. The number of hydrogen-bond acceptors (Lipinski definition) is 3. The zero-order valence-corrected chi connectivity index (χ0v) is 18.7. The van der Waals surface area contributed by atoms with E-state index in [1.165, 1.54) is 56.3 Å². The summed E-state index contributed by atoms with van der Waals surface area (Å²) in [5.74, 6) is 1.20. The fourth-order valence-electron chi connectivity index (χ4n) is 3.97. The number of carbonyl (C=O) groups excluding carboxylic acids is 1. The standard InChI is InChI=1S/C23H28BrNO2S/c1-16-25-23(27)22(28-16)14-18-11-12-19(21(24)13-18)15-20(26)10-6-5-9-17-7-3-2-4-8-17/h11-14,17H,1-10,15H2,(H,25,27)/b22-14-. The quantitative estimate of drug-likeness (QED) is 0.579. The highest BCUT2D eigenvalue weighted by atomic mass is 79.9. The number of unbranched alkanes of at least 4 members (excludes halogenated alkanes) is 1. The van der Waals surface area contributed by atoms with Gasteiger partial charge in [-0.1, -0.05) is 79.6 Å². The Labute approximate surface area is 178 Å². The largest absolute Gasteiger partial charge is 0.313 e. The molecule has 1 saturated carbocycles. The number of benzene rings is 1. The Balaban J connectivity index is 1.50. The lowest BCUT2D eigenvalue weighted by molar-refractivity contribution is -0.118. The first-order chi connectivity index (χ1) is 13.5. The average molecular weight is 462 g/mol. The summed E-state index contributed by atoms with van der Waals surface area (Å²) in [4.78, 5) is 26.8. The molecule has 1 heterocycles. The van der Waals surface area contributed by atoms with Crippen molar-refractivity contribution in [3.63, 3.8) is 0 Å². The summed E-state index contributed by atoms with van der Waals surface area (Å²) in [6, 6.07) is 5.90. The van der Waals surface area contributed by atoms with Gasteiger partial charge in [0.15, 0.2) is 0 Å². The third-order valence-corrected chi connectivity index (χ3v) is 7.12. The van der Waals surface area contributed by atoms with Crippen LogP contribution < -0.4 is 14.8 Å². The van der Waals surface area contributed by atoms with Crippen LogP contribution in [0.4, 0.5) is 0 Å². The maximum atomic E-state index is 12.4. The lowest BCUT2D eigenvalue weighted by Gasteiger charge is -2.21. The topological polar surface area (TPSA) is 49.9 Å². The number of H-pyrrole nitrogens is 1. The Bertz CT molecular complexity index is 969. The number of rotatable bonds is 8. The molecule has 0 spiro atoms. The molecule has 5 heteroatoms. The summed E-state index contributed by atoms with van der Waals surface area (Å²) in [5.41, 5.74) is 1.83. The molecule has 0 radical (unpaired) electrons.